The third-order valence-electron chi connectivity index (χ3n) is 3.48. The van der Waals surface area contributed by atoms with Gasteiger partial charge in [-0.2, -0.15) is 0 Å². The maximum atomic E-state index is 13.9. The summed E-state index contributed by atoms with van der Waals surface area (Å²) in [5.41, 5.74) is 1.11. The van der Waals surface area contributed by atoms with E-state index in [1.165, 1.54) is 42.5 Å². The number of carbonyl (C=O) groups is 2. The van der Waals surface area contributed by atoms with Crippen molar-refractivity contribution in [3.63, 3.8) is 0 Å². The highest BCUT2D eigenvalue weighted by atomic mass is 32.2. The van der Waals surface area contributed by atoms with Gasteiger partial charge in [-0.15, -0.1) is 0 Å². The maximum Gasteiger partial charge on any atom is 0.298 e. The number of nitrogens with zero attached hydrogens (tertiary/aromatic N) is 1. The molecule has 3 rings (SSSR count). The number of anilines is 1. The van der Waals surface area contributed by atoms with Gasteiger partial charge in [0, 0.05) is 0 Å². The smallest absolute Gasteiger partial charge is 0.268 e. The standard InChI is InChI=1S/C17H11F2NO2S/c1-10(11-6-8-12(18)9-7-11)15-16(21)20(17(22)23-15)14-5-3-2-4-13(14)19/h2-9H,1H3/b15-10-. The molecule has 2 aromatic carbocycles. The van der Waals surface area contributed by atoms with Gasteiger partial charge in [-0.05, 0) is 54.1 Å². The number of para-hydroxylation sites is 1. The summed E-state index contributed by atoms with van der Waals surface area (Å²) in [6.45, 7) is 1.67. The number of amides is 2. The number of carbonyl (C=O) groups excluding carboxylic acids is 2. The first-order valence-corrected chi connectivity index (χ1v) is 7.58. The van der Waals surface area contributed by atoms with Crippen molar-refractivity contribution < 1.29 is 18.4 Å². The Kier molecular flexibility index (Phi) is 4.00. The van der Waals surface area contributed by atoms with Crippen LogP contribution in [0.25, 0.3) is 5.57 Å². The lowest BCUT2D eigenvalue weighted by Crippen LogP contribution is -2.28. The number of hydrogen-bond acceptors (Lipinski definition) is 3. The number of hydrogen-bond donors (Lipinski definition) is 0. The summed E-state index contributed by atoms with van der Waals surface area (Å²) in [5, 5.41) is -0.559. The highest BCUT2D eigenvalue weighted by Gasteiger charge is 2.38. The van der Waals surface area contributed by atoms with Gasteiger partial charge in [-0.3, -0.25) is 9.59 Å². The van der Waals surface area contributed by atoms with Crippen LogP contribution in [0.3, 0.4) is 0 Å². The summed E-state index contributed by atoms with van der Waals surface area (Å²) < 4.78 is 26.9. The first-order valence-electron chi connectivity index (χ1n) is 6.76. The van der Waals surface area contributed by atoms with Crippen LogP contribution in [-0.4, -0.2) is 11.1 Å². The molecule has 2 amide bonds. The molecule has 116 valence electrons. The number of halogens is 2. The van der Waals surface area contributed by atoms with E-state index in [-0.39, 0.29) is 16.4 Å². The minimum Gasteiger partial charge on any atom is -0.268 e. The fraction of sp³-hybridized carbons (Fsp3) is 0.0588. The monoisotopic (exact) mass is 331 g/mol. The van der Waals surface area contributed by atoms with Crippen LogP contribution < -0.4 is 4.90 Å². The van der Waals surface area contributed by atoms with E-state index in [2.05, 4.69) is 0 Å². The molecule has 2 aromatic rings. The molecule has 1 saturated heterocycles. The third kappa shape index (κ3) is 2.77. The van der Waals surface area contributed by atoms with Crippen LogP contribution in [0.15, 0.2) is 53.4 Å². The van der Waals surface area contributed by atoms with E-state index in [9.17, 15) is 18.4 Å². The number of benzene rings is 2. The van der Waals surface area contributed by atoms with Crippen molar-refractivity contribution in [2.24, 2.45) is 0 Å². The van der Waals surface area contributed by atoms with Crippen LogP contribution in [-0.2, 0) is 4.79 Å². The Labute approximate surface area is 135 Å². The summed E-state index contributed by atoms with van der Waals surface area (Å²) in [7, 11) is 0. The molecule has 23 heavy (non-hydrogen) atoms. The lowest BCUT2D eigenvalue weighted by molar-refractivity contribution is -0.113. The van der Waals surface area contributed by atoms with Crippen molar-refractivity contribution in [3.05, 3.63) is 70.6 Å². The molecule has 0 saturated carbocycles. The molecule has 0 aliphatic carbocycles. The van der Waals surface area contributed by atoms with Gasteiger partial charge in [0.2, 0.25) is 0 Å². The molecule has 0 spiro atoms. The Morgan fingerprint density at radius 2 is 1.65 bits per heavy atom. The topological polar surface area (TPSA) is 37.4 Å². The van der Waals surface area contributed by atoms with E-state index in [0.29, 0.717) is 11.1 Å². The van der Waals surface area contributed by atoms with E-state index in [1.807, 2.05) is 0 Å². The predicted molar refractivity (Wildman–Crippen MR) is 85.9 cm³/mol. The van der Waals surface area contributed by atoms with E-state index in [0.717, 1.165) is 16.7 Å². The molecular formula is C17H11F2NO2S. The molecule has 1 fully saturated rings. The molecule has 0 unspecified atom stereocenters. The molecule has 0 aromatic heterocycles. The van der Waals surface area contributed by atoms with Crippen molar-refractivity contribution in [2.75, 3.05) is 4.90 Å². The second-order valence-electron chi connectivity index (χ2n) is 4.92. The van der Waals surface area contributed by atoms with Gasteiger partial charge in [-0.1, -0.05) is 24.3 Å². The summed E-state index contributed by atoms with van der Waals surface area (Å²) >= 11 is 0.749. The highest BCUT2D eigenvalue weighted by molar-refractivity contribution is 8.19. The molecule has 0 N–H and O–H groups in total. The van der Waals surface area contributed by atoms with Crippen molar-refractivity contribution >= 4 is 34.2 Å². The van der Waals surface area contributed by atoms with E-state index in [4.69, 9.17) is 0 Å². The number of imide groups is 1. The summed E-state index contributed by atoms with van der Waals surface area (Å²) in [6.07, 6.45) is 0. The summed E-state index contributed by atoms with van der Waals surface area (Å²) in [6, 6.07) is 11.2. The highest BCUT2D eigenvalue weighted by Crippen LogP contribution is 2.39. The van der Waals surface area contributed by atoms with Crippen molar-refractivity contribution in [1.29, 1.82) is 0 Å². The Morgan fingerprint density at radius 1 is 1.00 bits per heavy atom. The average molecular weight is 331 g/mol. The van der Waals surface area contributed by atoms with Gasteiger partial charge in [0.15, 0.2) is 0 Å². The minimum atomic E-state index is -0.643. The summed E-state index contributed by atoms with van der Waals surface area (Å²) in [4.78, 5) is 25.7. The van der Waals surface area contributed by atoms with E-state index < -0.39 is 17.0 Å². The molecular weight excluding hydrogens is 320 g/mol. The first kappa shape index (κ1) is 15.4. The van der Waals surface area contributed by atoms with Gasteiger partial charge in [0.05, 0.1) is 10.6 Å². The normalized spacial score (nSPS) is 16.9. The van der Waals surface area contributed by atoms with Gasteiger partial charge < -0.3 is 0 Å². The van der Waals surface area contributed by atoms with Gasteiger partial charge >= 0.3 is 0 Å². The molecule has 1 heterocycles. The first-order chi connectivity index (χ1) is 11.0. The Morgan fingerprint density at radius 3 is 2.30 bits per heavy atom. The number of allylic oxidation sites excluding steroid dienone is 1. The van der Waals surface area contributed by atoms with Crippen molar-refractivity contribution in [1.82, 2.24) is 0 Å². The van der Waals surface area contributed by atoms with Gasteiger partial charge in [0.25, 0.3) is 11.1 Å². The van der Waals surface area contributed by atoms with E-state index >= 15 is 0 Å². The second kappa shape index (κ2) is 5.96. The molecule has 1 aliphatic rings. The van der Waals surface area contributed by atoms with Crippen LogP contribution in [0.5, 0.6) is 0 Å². The lowest BCUT2D eigenvalue weighted by Gasteiger charge is -2.13. The second-order valence-corrected chi connectivity index (χ2v) is 5.88. The molecule has 0 radical (unpaired) electrons. The summed E-state index contributed by atoms with van der Waals surface area (Å²) in [5.74, 6) is -1.61. The third-order valence-corrected chi connectivity index (χ3v) is 4.52. The molecule has 0 bridgehead atoms. The van der Waals surface area contributed by atoms with Gasteiger partial charge in [0.1, 0.15) is 11.6 Å². The zero-order chi connectivity index (χ0) is 16.6. The SMILES string of the molecule is C/C(=C1/SC(=O)N(c2ccccc2F)C1=O)c1ccc(F)cc1. The Bertz CT molecular complexity index is 831. The average Bonchev–Trinajstić information content (AvgIpc) is 2.83. The van der Waals surface area contributed by atoms with Crippen LogP contribution in [0, 0.1) is 11.6 Å². The predicted octanol–water partition coefficient (Wildman–Crippen LogP) is 4.60. The Balaban J connectivity index is 2.03. The molecule has 3 nitrogen and oxygen atoms in total. The number of rotatable bonds is 2. The Hall–Kier alpha value is -2.47. The minimum absolute atomic E-state index is 0.0723. The van der Waals surface area contributed by atoms with Gasteiger partial charge in [-0.25, -0.2) is 13.7 Å². The van der Waals surface area contributed by atoms with Crippen LogP contribution in [0.2, 0.25) is 0 Å². The van der Waals surface area contributed by atoms with Crippen molar-refractivity contribution in [2.45, 2.75) is 6.92 Å². The fourth-order valence-corrected chi connectivity index (χ4v) is 3.17. The molecule has 0 atom stereocenters. The quantitative estimate of drug-likeness (QED) is 0.755. The van der Waals surface area contributed by atoms with Crippen LogP contribution >= 0.6 is 11.8 Å². The lowest BCUT2D eigenvalue weighted by atomic mass is 10.1. The largest absolute Gasteiger partial charge is 0.298 e. The maximum absolute atomic E-state index is 13.9. The van der Waals surface area contributed by atoms with Crippen LogP contribution in [0.1, 0.15) is 12.5 Å². The van der Waals surface area contributed by atoms with Crippen LogP contribution in [0.4, 0.5) is 19.3 Å². The zero-order valence-corrected chi connectivity index (χ0v) is 12.9. The fourth-order valence-electron chi connectivity index (χ4n) is 2.27. The zero-order valence-electron chi connectivity index (χ0n) is 12.0. The molecule has 6 heteroatoms. The number of thioether (sulfide) groups is 1. The molecule has 1 aliphatic heterocycles. The van der Waals surface area contributed by atoms with Crippen molar-refractivity contribution in [3.8, 4) is 0 Å². The van der Waals surface area contributed by atoms with E-state index in [1.54, 1.807) is 13.0 Å².